The monoisotopic (exact) mass is 347 g/mol. The van der Waals surface area contributed by atoms with Gasteiger partial charge in [-0.05, 0) is 36.1 Å². The third-order valence-corrected chi connectivity index (χ3v) is 4.39. The van der Waals surface area contributed by atoms with Crippen molar-refractivity contribution < 1.29 is 9.18 Å². The zero-order valence-electron chi connectivity index (χ0n) is 14.8. The first-order valence-electron chi connectivity index (χ1n) is 8.78. The molecule has 1 N–H and O–H groups in total. The van der Waals surface area contributed by atoms with Gasteiger partial charge in [0.15, 0.2) is 0 Å². The van der Waals surface area contributed by atoms with Crippen LogP contribution in [0.3, 0.4) is 0 Å². The number of halogens is 1. The molecule has 0 aromatic heterocycles. The van der Waals surface area contributed by atoms with E-state index in [0.29, 0.717) is 12.0 Å². The molecule has 0 aliphatic carbocycles. The summed E-state index contributed by atoms with van der Waals surface area (Å²) < 4.78 is 13.7. The van der Waals surface area contributed by atoms with Crippen molar-refractivity contribution in [2.45, 2.75) is 25.8 Å². The predicted molar refractivity (Wildman–Crippen MR) is 102 cm³/mol. The average molecular weight is 347 g/mol. The summed E-state index contributed by atoms with van der Waals surface area (Å²) in [5.41, 5.74) is 3.77. The van der Waals surface area contributed by atoms with Crippen LogP contribution in [0, 0.1) is 12.7 Å². The highest BCUT2D eigenvalue weighted by Crippen LogP contribution is 2.23. The van der Waals surface area contributed by atoms with E-state index in [-0.39, 0.29) is 24.2 Å². The lowest BCUT2D eigenvalue weighted by atomic mass is 9.97. The van der Waals surface area contributed by atoms with Gasteiger partial charge in [-0.2, -0.15) is 0 Å². The number of carbonyl (C=O) groups excluding carboxylic acids is 1. The Morgan fingerprint density at radius 1 is 0.923 bits per heavy atom. The van der Waals surface area contributed by atoms with Gasteiger partial charge < -0.3 is 5.32 Å². The topological polar surface area (TPSA) is 29.1 Å². The summed E-state index contributed by atoms with van der Waals surface area (Å²) >= 11 is 0. The predicted octanol–water partition coefficient (Wildman–Crippen LogP) is 4.97. The molecular weight excluding hydrogens is 325 g/mol. The standard InChI is InChI=1S/C23H22FNO/c1-17-8-7-12-20(16-17)23(19-10-3-2-4-11-19)25-22(26)15-14-18-9-5-6-13-21(18)24/h2-13,16,23H,14-15H2,1H3,(H,25,26). The fourth-order valence-electron chi connectivity index (χ4n) is 3.04. The van der Waals surface area contributed by atoms with Crippen molar-refractivity contribution in [2.75, 3.05) is 0 Å². The lowest BCUT2D eigenvalue weighted by molar-refractivity contribution is -0.121. The largest absolute Gasteiger partial charge is 0.345 e. The summed E-state index contributed by atoms with van der Waals surface area (Å²) in [5.74, 6) is -0.359. The van der Waals surface area contributed by atoms with E-state index in [1.54, 1.807) is 18.2 Å². The molecule has 3 rings (SSSR count). The molecule has 3 aromatic carbocycles. The third kappa shape index (κ3) is 4.57. The molecule has 0 bridgehead atoms. The van der Waals surface area contributed by atoms with Crippen molar-refractivity contribution >= 4 is 5.91 Å². The van der Waals surface area contributed by atoms with Crippen molar-refractivity contribution in [3.05, 3.63) is 107 Å². The summed E-state index contributed by atoms with van der Waals surface area (Å²) in [5, 5.41) is 3.11. The highest BCUT2D eigenvalue weighted by molar-refractivity contribution is 5.77. The minimum atomic E-state index is -0.265. The first-order chi connectivity index (χ1) is 12.6. The Kier molecular flexibility index (Phi) is 5.80. The number of hydrogen-bond acceptors (Lipinski definition) is 1. The highest BCUT2D eigenvalue weighted by Gasteiger charge is 2.17. The van der Waals surface area contributed by atoms with Crippen molar-refractivity contribution in [2.24, 2.45) is 0 Å². The van der Waals surface area contributed by atoms with Gasteiger partial charge in [-0.15, -0.1) is 0 Å². The van der Waals surface area contributed by atoms with Crippen LogP contribution in [-0.2, 0) is 11.2 Å². The quantitative estimate of drug-likeness (QED) is 0.670. The molecule has 0 fully saturated rings. The molecule has 1 amide bonds. The van der Waals surface area contributed by atoms with Crippen molar-refractivity contribution in [1.82, 2.24) is 5.32 Å². The van der Waals surface area contributed by atoms with Crippen LogP contribution in [-0.4, -0.2) is 5.91 Å². The molecule has 0 spiro atoms. The molecule has 26 heavy (non-hydrogen) atoms. The SMILES string of the molecule is Cc1cccc(C(NC(=O)CCc2ccccc2F)c2ccccc2)c1. The van der Waals surface area contributed by atoms with Gasteiger partial charge in [0.2, 0.25) is 5.91 Å². The Morgan fingerprint density at radius 2 is 1.62 bits per heavy atom. The molecule has 0 radical (unpaired) electrons. The number of aryl methyl sites for hydroxylation is 2. The van der Waals surface area contributed by atoms with Gasteiger partial charge in [0.05, 0.1) is 6.04 Å². The molecule has 3 heteroatoms. The van der Waals surface area contributed by atoms with E-state index >= 15 is 0 Å². The second-order valence-electron chi connectivity index (χ2n) is 6.42. The van der Waals surface area contributed by atoms with Crippen LogP contribution in [0.15, 0.2) is 78.9 Å². The third-order valence-electron chi connectivity index (χ3n) is 4.39. The van der Waals surface area contributed by atoms with Crippen molar-refractivity contribution in [3.8, 4) is 0 Å². The van der Waals surface area contributed by atoms with Gasteiger partial charge in [-0.1, -0.05) is 78.4 Å². The smallest absolute Gasteiger partial charge is 0.221 e. The van der Waals surface area contributed by atoms with Gasteiger partial charge in [-0.3, -0.25) is 4.79 Å². The lowest BCUT2D eigenvalue weighted by Gasteiger charge is -2.20. The second-order valence-corrected chi connectivity index (χ2v) is 6.42. The van der Waals surface area contributed by atoms with Gasteiger partial charge in [-0.25, -0.2) is 4.39 Å². The molecule has 0 saturated carbocycles. The van der Waals surface area contributed by atoms with Crippen LogP contribution in [0.4, 0.5) is 4.39 Å². The summed E-state index contributed by atoms with van der Waals surface area (Å²) in [6.45, 7) is 2.03. The normalized spacial score (nSPS) is 11.8. The Bertz CT molecular complexity index is 876. The van der Waals surface area contributed by atoms with E-state index in [2.05, 4.69) is 11.4 Å². The molecule has 3 aromatic rings. The summed E-state index contributed by atoms with van der Waals surface area (Å²) in [6, 6.07) is 24.4. The molecule has 2 nitrogen and oxygen atoms in total. The average Bonchev–Trinajstić information content (AvgIpc) is 2.66. The second kappa shape index (κ2) is 8.43. The van der Waals surface area contributed by atoms with Crippen LogP contribution < -0.4 is 5.32 Å². The number of amides is 1. The molecule has 0 aliphatic heterocycles. The Labute approximate surface area is 153 Å². The molecule has 0 saturated heterocycles. The number of nitrogens with one attached hydrogen (secondary N) is 1. The molecule has 0 aliphatic rings. The van der Waals surface area contributed by atoms with Gasteiger partial charge in [0.1, 0.15) is 5.82 Å². The van der Waals surface area contributed by atoms with E-state index in [0.717, 1.165) is 16.7 Å². The Morgan fingerprint density at radius 3 is 2.35 bits per heavy atom. The molecule has 0 heterocycles. The highest BCUT2D eigenvalue weighted by atomic mass is 19.1. The van der Waals surface area contributed by atoms with Crippen LogP contribution in [0.1, 0.15) is 34.7 Å². The number of hydrogen-bond donors (Lipinski definition) is 1. The minimum absolute atomic E-state index is 0.0939. The molecular formula is C23H22FNO. The van der Waals surface area contributed by atoms with Crippen LogP contribution in [0.5, 0.6) is 0 Å². The maximum absolute atomic E-state index is 13.7. The van der Waals surface area contributed by atoms with Crippen LogP contribution >= 0.6 is 0 Å². The van der Waals surface area contributed by atoms with E-state index in [4.69, 9.17) is 0 Å². The zero-order chi connectivity index (χ0) is 18.4. The zero-order valence-corrected chi connectivity index (χ0v) is 14.8. The lowest BCUT2D eigenvalue weighted by Crippen LogP contribution is -2.29. The van der Waals surface area contributed by atoms with E-state index < -0.39 is 0 Å². The first kappa shape index (κ1) is 17.9. The van der Waals surface area contributed by atoms with Crippen LogP contribution in [0.2, 0.25) is 0 Å². The first-order valence-corrected chi connectivity index (χ1v) is 8.78. The van der Waals surface area contributed by atoms with Crippen molar-refractivity contribution in [1.29, 1.82) is 0 Å². The van der Waals surface area contributed by atoms with E-state index in [9.17, 15) is 9.18 Å². The van der Waals surface area contributed by atoms with Crippen LogP contribution in [0.25, 0.3) is 0 Å². The maximum atomic E-state index is 13.7. The van der Waals surface area contributed by atoms with Gasteiger partial charge in [0.25, 0.3) is 0 Å². The summed E-state index contributed by atoms with van der Waals surface area (Å²) in [4.78, 5) is 12.5. The number of benzene rings is 3. The molecule has 132 valence electrons. The molecule has 1 unspecified atom stereocenters. The van der Waals surface area contributed by atoms with Gasteiger partial charge >= 0.3 is 0 Å². The van der Waals surface area contributed by atoms with E-state index in [1.165, 1.54) is 6.07 Å². The fourth-order valence-corrected chi connectivity index (χ4v) is 3.04. The fraction of sp³-hybridized carbons (Fsp3) is 0.174. The number of rotatable bonds is 6. The Hall–Kier alpha value is -2.94. The maximum Gasteiger partial charge on any atom is 0.221 e. The van der Waals surface area contributed by atoms with E-state index in [1.807, 2.05) is 55.5 Å². The van der Waals surface area contributed by atoms with Crippen molar-refractivity contribution in [3.63, 3.8) is 0 Å². The van der Waals surface area contributed by atoms with Gasteiger partial charge in [0, 0.05) is 6.42 Å². The summed E-state index contributed by atoms with van der Waals surface area (Å²) in [7, 11) is 0. The molecule has 1 atom stereocenters. The number of carbonyl (C=O) groups is 1. The summed E-state index contributed by atoms with van der Waals surface area (Å²) in [6.07, 6.45) is 0.629. The Balaban J connectivity index is 1.75. The minimum Gasteiger partial charge on any atom is -0.345 e.